The van der Waals surface area contributed by atoms with Gasteiger partial charge in [0, 0.05) is 12.8 Å². The molecule has 1 fully saturated rings. The summed E-state index contributed by atoms with van der Waals surface area (Å²) in [6.07, 6.45) is 73.1. The molecule has 1 aliphatic heterocycles. The van der Waals surface area contributed by atoms with Gasteiger partial charge in [-0.2, -0.15) is 0 Å². The lowest BCUT2D eigenvalue weighted by atomic mass is 9.99. The molecule has 0 saturated carbocycles. The van der Waals surface area contributed by atoms with Crippen LogP contribution in [0.3, 0.4) is 0 Å². The molecule has 0 aromatic heterocycles. The van der Waals surface area contributed by atoms with E-state index >= 15 is 0 Å². The lowest BCUT2D eigenvalue weighted by molar-refractivity contribution is -0.302. The van der Waals surface area contributed by atoms with E-state index in [4.69, 9.17) is 14.2 Å². The molecule has 1 aliphatic rings. The molecule has 86 heavy (non-hydrogen) atoms. The Morgan fingerprint density at radius 3 is 1.19 bits per heavy atom. The number of amides is 1. The molecular formula is C75H141NO10. The van der Waals surface area contributed by atoms with Gasteiger partial charge in [-0.15, -0.1) is 0 Å². The lowest BCUT2D eigenvalue weighted by Gasteiger charge is -2.40. The minimum Gasteiger partial charge on any atom is -0.466 e. The van der Waals surface area contributed by atoms with Crippen LogP contribution in [0.1, 0.15) is 367 Å². The molecule has 0 aromatic carbocycles. The van der Waals surface area contributed by atoms with E-state index in [-0.39, 0.29) is 18.5 Å². The quantitative estimate of drug-likeness (QED) is 0.0195. The number of unbranched alkanes of at least 4 members (excludes halogenated alkanes) is 48. The van der Waals surface area contributed by atoms with E-state index in [0.29, 0.717) is 19.4 Å². The Hall–Kier alpha value is -2.12. The second kappa shape index (κ2) is 64.4. The highest BCUT2D eigenvalue weighted by atomic mass is 16.7. The topological polar surface area (TPSA) is 175 Å². The summed E-state index contributed by atoms with van der Waals surface area (Å²) in [6.45, 7) is 4.33. The lowest BCUT2D eigenvalue weighted by Crippen LogP contribution is -2.60. The molecule has 7 atom stereocenters. The van der Waals surface area contributed by atoms with Crippen LogP contribution in [0.15, 0.2) is 36.5 Å². The van der Waals surface area contributed by atoms with Gasteiger partial charge in [0.05, 0.1) is 32.0 Å². The number of carbonyl (C=O) groups excluding carboxylic acids is 2. The summed E-state index contributed by atoms with van der Waals surface area (Å²) in [5, 5.41) is 54.3. The van der Waals surface area contributed by atoms with Gasteiger partial charge in [0.1, 0.15) is 24.4 Å². The zero-order chi connectivity index (χ0) is 62.3. The number of allylic oxidation sites excluding steroid dienone is 5. The zero-order valence-corrected chi connectivity index (χ0v) is 56.3. The fourth-order valence-corrected chi connectivity index (χ4v) is 11.9. The maximum atomic E-state index is 13.0. The summed E-state index contributed by atoms with van der Waals surface area (Å²) < 4.78 is 16.7. The van der Waals surface area contributed by atoms with E-state index in [1.807, 2.05) is 6.08 Å². The molecule has 0 bridgehead atoms. The highest BCUT2D eigenvalue weighted by molar-refractivity contribution is 5.76. The molecule has 11 nitrogen and oxygen atoms in total. The molecule has 7 unspecified atom stereocenters. The minimum atomic E-state index is -1.57. The first-order valence-electron chi connectivity index (χ1n) is 37.3. The summed E-state index contributed by atoms with van der Waals surface area (Å²) in [7, 11) is 0. The number of nitrogens with one attached hydrogen (secondary N) is 1. The summed E-state index contributed by atoms with van der Waals surface area (Å²) in [5.74, 6) is -0.172. The number of aliphatic hydroxyl groups excluding tert-OH is 5. The van der Waals surface area contributed by atoms with Crippen LogP contribution in [0.4, 0.5) is 0 Å². The maximum Gasteiger partial charge on any atom is 0.305 e. The number of aliphatic hydroxyl groups is 5. The number of hydrogen-bond donors (Lipinski definition) is 6. The Kier molecular flexibility index (Phi) is 61.3. The van der Waals surface area contributed by atoms with Crippen LogP contribution < -0.4 is 5.32 Å². The van der Waals surface area contributed by atoms with Crippen molar-refractivity contribution >= 4 is 11.9 Å². The van der Waals surface area contributed by atoms with Crippen LogP contribution in [-0.4, -0.2) is 100 Å². The van der Waals surface area contributed by atoms with Crippen LogP contribution in [0.25, 0.3) is 0 Å². The monoisotopic (exact) mass is 1220 g/mol. The third kappa shape index (κ3) is 52.6. The molecule has 506 valence electrons. The van der Waals surface area contributed by atoms with Gasteiger partial charge in [0.15, 0.2) is 6.29 Å². The predicted octanol–water partition coefficient (Wildman–Crippen LogP) is 19.4. The maximum absolute atomic E-state index is 13.0. The molecule has 1 amide bonds. The molecule has 1 heterocycles. The average molecular weight is 1220 g/mol. The number of ether oxygens (including phenoxy) is 3. The first kappa shape index (κ1) is 81.9. The van der Waals surface area contributed by atoms with E-state index in [2.05, 4.69) is 43.5 Å². The fourth-order valence-electron chi connectivity index (χ4n) is 11.9. The van der Waals surface area contributed by atoms with Crippen molar-refractivity contribution in [2.45, 2.75) is 410 Å². The third-order valence-electron chi connectivity index (χ3n) is 17.7. The van der Waals surface area contributed by atoms with Gasteiger partial charge in [-0.05, 0) is 64.2 Å². The van der Waals surface area contributed by atoms with Crippen molar-refractivity contribution < 1.29 is 49.3 Å². The number of hydrogen-bond acceptors (Lipinski definition) is 10. The normalized spacial score (nSPS) is 18.1. The highest BCUT2D eigenvalue weighted by Gasteiger charge is 2.44. The first-order valence-corrected chi connectivity index (χ1v) is 37.3. The third-order valence-corrected chi connectivity index (χ3v) is 17.7. The van der Waals surface area contributed by atoms with Crippen molar-refractivity contribution in [3.63, 3.8) is 0 Å². The van der Waals surface area contributed by atoms with Gasteiger partial charge < -0.3 is 45.1 Å². The highest BCUT2D eigenvalue weighted by Crippen LogP contribution is 2.24. The Labute approximate surface area is 530 Å². The number of rotatable bonds is 66. The Morgan fingerprint density at radius 1 is 0.430 bits per heavy atom. The van der Waals surface area contributed by atoms with Crippen molar-refractivity contribution in [1.29, 1.82) is 0 Å². The molecular weight excluding hydrogens is 1070 g/mol. The van der Waals surface area contributed by atoms with E-state index in [9.17, 15) is 35.1 Å². The molecule has 0 aliphatic carbocycles. The molecule has 1 saturated heterocycles. The Bertz CT molecular complexity index is 1520. The average Bonchev–Trinajstić information content (AvgIpc) is 3.60. The Morgan fingerprint density at radius 2 is 0.779 bits per heavy atom. The summed E-state index contributed by atoms with van der Waals surface area (Å²) >= 11 is 0. The van der Waals surface area contributed by atoms with E-state index in [1.54, 1.807) is 6.08 Å². The molecule has 6 N–H and O–H groups in total. The van der Waals surface area contributed by atoms with Gasteiger partial charge in [0.2, 0.25) is 5.91 Å². The SMILES string of the molecule is CCCCCC/C=C\C/C=C\CCCCCCCCCC(=O)OCCCCCCCCCCCCCCCCCCCCCCCCCCCCCCCCCC(=O)NC(COC1OC(CO)C(O)C(O)C1O)C(O)/C=C/CCCCCCCCC. The van der Waals surface area contributed by atoms with Crippen LogP contribution in [0.2, 0.25) is 0 Å². The first-order chi connectivity index (χ1) is 42.2. The molecule has 11 heteroatoms. The molecule has 0 spiro atoms. The smallest absolute Gasteiger partial charge is 0.305 e. The van der Waals surface area contributed by atoms with Crippen LogP contribution in [-0.2, 0) is 23.8 Å². The summed E-state index contributed by atoms with van der Waals surface area (Å²) in [5.41, 5.74) is 0. The molecule has 1 rings (SSSR count). The minimum absolute atomic E-state index is 0.00577. The van der Waals surface area contributed by atoms with Crippen molar-refractivity contribution in [2.24, 2.45) is 0 Å². The standard InChI is InChI=1S/C75H141NO10/c1-3-5-7-9-11-13-14-15-16-17-34-37-40-43-47-51-55-59-63-71(80)84-64-60-56-52-48-44-41-38-35-32-30-28-26-24-22-20-18-19-21-23-25-27-29-31-33-36-39-42-46-50-54-58-62-70(79)76-67(68(78)61-57-53-49-45-12-10-8-6-4-2)66-85-75-74(83)73(82)72(81)69(65-77)86-75/h13-14,16-17,57,61,67-69,72-75,77-78,81-83H,3-12,15,18-56,58-60,62-66H2,1-2H3,(H,76,79)/b14-13-,17-16-,61-57+. The van der Waals surface area contributed by atoms with Gasteiger partial charge >= 0.3 is 5.97 Å². The van der Waals surface area contributed by atoms with Gasteiger partial charge in [0.25, 0.3) is 0 Å². The van der Waals surface area contributed by atoms with Crippen molar-refractivity contribution in [3.8, 4) is 0 Å². The fraction of sp³-hybridized carbons (Fsp3) is 0.893. The predicted molar refractivity (Wildman–Crippen MR) is 361 cm³/mol. The summed E-state index contributed by atoms with van der Waals surface area (Å²) in [6, 6.07) is -0.805. The Balaban J connectivity index is 1.87. The van der Waals surface area contributed by atoms with Crippen molar-refractivity contribution in [3.05, 3.63) is 36.5 Å². The second-order valence-corrected chi connectivity index (χ2v) is 26.0. The van der Waals surface area contributed by atoms with Gasteiger partial charge in [-0.3, -0.25) is 9.59 Å². The molecule has 0 aromatic rings. The second-order valence-electron chi connectivity index (χ2n) is 26.0. The number of esters is 1. The van der Waals surface area contributed by atoms with Crippen LogP contribution in [0, 0.1) is 0 Å². The van der Waals surface area contributed by atoms with Gasteiger partial charge in [-0.1, -0.05) is 326 Å². The van der Waals surface area contributed by atoms with E-state index in [0.717, 1.165) is 64.2 Å². The van der Waals surface area contributed by atoms with Gasteiger partial charge in [-0.25, -0.2) is 0 Å². The summed E-state index contributed by atoms with van der Waals surface area (Å²) in [4.78, 5) is 25.1. The van der Waals surface area contributed by atoms with Crippen molar-refractivity contribution in [1.82, 2.24) is 5.32 Å². The van der Waals surface area contributed by atoms with Crippen LogP contribution >= 0.6 is 0 Å². The van der Waals surface area contributed by atoms with Crippen molar-refractivity contribution in [2.75, 3.05) is 19.8 Å². The van der Waals surface area contributed by atoms with Crippen LogP contribution in [0.5, 0.6) is 0 Å². The zero-order valence-electron chi connectivity index (χ0n) is 56.3. The van der Waals surface area contributed by atoms with E-state index < -0.39 is 49.5 Å². The number of carbonyl (C=O) groups is 2. The van der Waals surface area contributed by atoms with E-state index in [1.165, 1.54) is 276 Å². The largest absolute Gasteiger partial charge is 0.466 e. The molecule has 0 radical (unpaired) electrons.